The standard InChI is InChI=1S/C7H13F3OS/c8-7(9,10)6(11)4-2-1-3-5-12/h6,11-12H,1-5H2. The van der Waals surface area contributed by atoms with Crippen molar-refractivity contribution in [2.24, 2.45) is 0 Å². The van der Waals surface area contributed by atoms with Crippen LogP contribution in [0.3, 0.4) is 0 Å². The van der Waals surface area contributed by atoms with E-state index >= 15 is 0 Å². The highest BCUT2D eigenvalue weighted by Crippen LogP contribution is 2.23. The lowest BCUT2D eigenvalue weighted by atomic mass is 10.1. The van der Waals surface area contributed by atoms with Gasteiger partial charge < -0.3 is 5.11 Å². The lowest BCUT2D eigenvalue weighted by Crippen LogP contribution is -2.28. The van der Waals surface area contributed by atoms with Crippen molar-refractivity contribution in [1.29, 1.82) is 0 Å². The maximum atomic E-state index is 11.7. The van der Waals surface area contributed by atoms with Gasteiger partial charge in [0.15, 0.2) is 0 Å². The van der Waals surface area contributed by atoms with Gasteiger partial charge in [-0.25, -0.2) is 0 Å². The summed E-state index contributed by atoms with van der Waals surface area (Å²) in [5.74, 6) is 0.683. The first-order valence-corrected chi connectivity index (χ1v) is 4.47. The van der Waals surface area contributed by atoms with Gasteiger partial charge in [-0.3, -0.25) is 0 Å². The predicted molar refractivity (Wildman–Crippen MR) is 44.4 cm³/mol. The Balaban J connectivity index is 3.38. The minimum Gasteiger partial charge on any atom is -0.384 e. The molecule has 1 N–H and O–H groups in total. The fourth-order valence-corrected chi connectivity index (χ4v) is 1.01. The van der Waals surface area contributed by atoms with Crippen LogP contribution in [0.4, 0.5) is 13.2 Å². The second-order valence-corrected chi connectivity index (χ2v) is 3.08. The Labute approximate surface area is 75.4 Å². The van der Waals surface area contributed by atoms with Gasteiger partial charge in [0.1, 0.15) is 6.10 Å². The van der Waals surface area contributed by atoms with Crippen molar-refractivity contribution >= 4 is 12.6 Å². The Hall–Kier alpha value is 0.100. The van der Waals surface area contributed by atoms with Crippen LogP contribution < -0.4 is 0 Å². The molecule has 0 aromatic heterocycles. The molecule has 0 rings (SSSR count). The molecule has 74 valence electrons. The zero-order valence-electron chi connectivity index (χ0n) is 6.64. The van der Waals surface area contributed by atoms with Crippen LogP contribution in [-0.4, -0.2) is 23.1 Å². The maximum absolute atomic E-state index is 11.7. The number of unbranched alkanes of at least 4 members (excludes halogenated alkanes) is 2. The molecule has 0 saturated carbocycles. The summed E-state index contributed by atoms with van der Waals surface area (Å²) >= 11 is 3.92. The van der Waals surface area contributed by atoms with Gasteiger partial charge in [-0.2, -0.15) is 25.8 Å². The molecule has 0 aliphatic carbocycles. The van der Waals surface area contributed by atoms with Gasteiger partial charge in [-0.05, 0) is 18.6 Å². The fourth-order valence-electron chi connectivity index (χ4n) is 0.790. The van der Waals surface area contributed by atoms with Gasteiger partial charge in [-0.15, -0.1) is 0 Å². The molecule has 0 heterocycles. The normalized spacial score (nSPS) is 14.8. The van der Waals surface area contributed by atoms with Gasteiger partial charge in [0, 0.05) is 0 Å². The zero-order valence-corrected chi connectivity index (χ0v) is 7.54. The molecule has 0 spiro atoms. The first-order valence-electron chi connectivity index (χ1n) is 3.84. The number of halogens is 3. The Morgan fingerprint density at radius 1 is 1.17 bits per heavy atom. The summed E-state index contributed by atoms with van der Waals surface area (Å²) < 4.78 is 35.1. The average Bonchev–Trinajstić information content (AvgIpc) is 1.96. The van der Waals surface area contributed by atoms with E-state index in [2.05, 4.69) is 12.6 Å². The summed E-state index contributed by atoms with van der Waals surface area (Å²) in [6, 6.07) is 0. The number of thiol groups is 1. The van der Waals surface area contributed by atoms with Crippen LogP contribution >= 0.6 is 12.6 Å². The summed E-state index contributed by atoms with van der Waals surface area (Å²) in [5, 5.41) is 8.54. The van der Waals surface area contributed by atoms with Crippen molar-refractivity contribution in [3.63, 3.8) is 0 Å². The number of aliphatic hydroxyl groups is 1. The molecule has 12 heavy (non-hydrogen) atoms. The van der Waals surface area contributed by atoms with E-state index < -0.39 is 12.3 Å². The molecule has 1 unspecified atom stereocenters. The van der Waals surface area contributed by atoms with Crippen LogP contribution in [0.15, 0.2) is 0 Å². The van der Waals surface area contributed by atoms with Crippen molar-refractivity contribution in [2.45, 2.75) is 38.0 Å². The van der Waals surface area contributed by atoms with E-state index in [-0.39, 0.29) is 6.42 Å². The van der Waals surface area contributed by atoms with E-state index in [0.717, 1.165) is 6.42 Å². The molecule has 1 nitrogen and oxygen atoms in total. The molecule has 0 fully saturated rings. The summed E-state index contributed by atoms with van der Waals surface area (Å²) in [7, 11) is 0. The highest BCUT2D eigenvalue weighted by Gasteiger charge is 2.37. The molecule has 0 bridgehead atoms. The van der Waals surface area contributed by atoms with E-state index in [1.54, 1.807) is 0 Å². The SMILES string of the molecule is OC(CCCCCS)C(F)(F)F. The molecule has 5 heteroatoms. The average molecular weight is 202 g/mol. The van der Waals surface area contributed by atoms with Crippen molar-refractivity contribution in [2.75, 3.05) is 5.75 Å². The Kier molecular flexibility index (Phi) is 5.74. The van der Waals surface area contributed by atoms with Crippen LogP contribution in [-0.2, 0) is 0 Å². The molecule has 1 atom stereocenters. The molecule has 0 aromatic rings. The van der Waals surface area contributed by atoms with Crippen molar-refractivity contribution < 1.29 is 18.3 Å². The molecular weight excluding hydrogens is 189 g/mol. The highest BCUT2D eigenvalue weighted by molar-refractivity contribution is 7.80. The van der Waals surface area contributed by atoms with Gasteiger partial charge in [0.25, 0.3) is 0 Å². The number of rotatable bonds is 5. The Morgan fingerprint density at radius 2 is 1.75 bits per heavy atom. The zero-order chi connectivity index (χ0) is 9.61. The predicted octanol–water partition coefficient (Wildman–Crippen LogP) is 2.40. The third kappa shape index (κ3) is 5.71. The smallest absolute Gasteiger partial charge is 0.384 e. The summed E-state index contributed by atoms with van der Waals surface area (Å²) in [4.78, 5) is 0. The summed E-state index contributed by atoms with van der Waals surface area (Å²) in [6.45, 7) is 0. The van der Waals surface area contributed by atoms with E-state index in [1.165, 1.54) is 0 Å². The lowest BCUT2D eigenvalue weighted by molar-refractivity contribution is -0.205. The van der Waals surface area contributed by atoms with Gasteiger partial charge in [0.2, 0.25) is 0 Å². The van der Waals surface area contributed by atoms with Crippen LogP contribution in [0.5, 0.6) is 0 Å². The quantitative estimate of drug-likeness (QED) is 0.518. The molecular formula is C7H13F3OS. The number of alkyl halides is 3. The minimum atomic E-state index is -4.46. The molecule has 0 aliphatic heterocycles. The lowest BCUT2D eigenvalue weighted by Gasteiger charge is -2.13. The summed E-state index contributed by atoms with van der Waals surface area (Å²) in [6.07, 6.45) is -4.92. The summed E-state index contributed by atoms with van der Waals surface area (Å²) in [5.41, 5.74) is 0. The minimum absolute atomic E-state index is 0.197. The monoisotopic (exact) mass is 202 g/mol. The molecule has 0 aliphatic rings. The van der Waals surface area contributed by atoms with Gasteiger partial charge in [0.05, 0.1) is 0 Å². The molecule has 0 saturated heterocycles. The number of hydrogen-bond donors (Lipinski definition) is 2. The van der Waals surface area contributed by atoms with Crippen LogP contribution in [0.1, 0.15) is 25.7 Å². The van der Waals surface area contributed by atoms with Crippen molar-refractivity contribution in [1.82, 2.24) is 0 Å². The van der Waals surface area contributed by atoms with Crippen molar-refractivity contribution in [3.05, 3.63) is 0 Å². The topological polar surface area (TPSA) is 20.2 Å². The van der Waals surface area contributed by atoms with E-state index in [4.69, 9.17) is 5.11 Å². The molecule has 0 amide bonds. The molecule has 0 aromatic carbocycles. The van der Waals surface area contributed by atoms with E-state index in [0.29, 0.717) is 18.6 Å². The van der Waals surface area contributed by atoms with Gasteiger partial charge >= 0.3 is 6.18 Å². The second kappa shape index (κ2) is 5.70. The van der Waals surface area contributed by atoms with Crippen LogP contribution in [0, 0.1) is 0 Å². The van der Waals surface area contributed by atoms with Crippen molar-refractivity contribution in [3.8, 4) is 0 Å². The third-order valence-electron chi connectivity index (χ3n) is 1.51. The largest absolute Gasteiger partial charge is 0.414 e. The highest BCUT2D eigenvalue weighted by atomic mass is 32.1. The third-order valence-corrected chi connectivity index (χ3v) is 1.83. The Morgan fingerprint density at radius 3 is 2.17 bits per heavy atom. The number of aliphatic hydroxyl groups excluding tert-OH is 1. The van der Waals surface area contributed by atoms with Crippen LogP contribution in [0.2, 0.25) is 0 Å². The van der Waals surface area contributed by atoms with Gasteiger partial charge in [-0.1, -0.05) is 12.8 Å². The Bertz CT molecular complexity index is 116. The fraction of sp³-hybridized carbons (Fsp3) is 1.00. The number of hydrogen-bond acceptors (Lipinski definition) is 2. The second-order valence-electron chi connectivity index (χ2n) is 2.63. The van der Waals surface area contributed by atoms with E-state index in [9.17, 15) is 13.2 Å². The maximum Gasteiger partial charge on any atom is 0.414 e. The first-order chi connectivity index (χ1) is 5.48. The first kappa shape index (κ1) is 12.1. The molecule has 0 radical (unpaired) electrons. The van der Waals surface area contributed by atoms with E-state index in [1.807, 2.05) is 0 Å². The van der Waals surface area contributed by atoms with Crippen LogP contribution in [0.25, 0.3) is 0 Å².